The fraction of sp³-hybridized carbons (Fsp3) is 0.619. The number of ether oxygens (including phenoxy) is 1. The molecule has 0 aliphatic heterocycles. The average molecular weight is 391 g/mol. The van der Waals surface area contributed by atoms with Gasteiger partial charge in [-0.05, 0) is 74.8 Å². The molecule has 4 saturated carbocycles. The third-order valence-electron chi connectivity index (χ3n) is 6.68. The fourth-order valence-electron chi connectivity index (χ4n) is 5.86. The molecule has 4 aliphatic carbocycles. The number of anilines is 1. The van der Waals surface area contributed by atoms with Gasteiger partial charge in [0.15, 0.2) is 0 Å². The van der Waals surface area contributed by atoms with Gasteiger partial charge in [-0.15, -0.1) is 0 Å². The second kappa shape index (κ2) is 7.01. The maximum atomic E-state index is 12.9. The molecule has 0 aromatic heterocycles. The largest absolute Gasteiger partial charge is 0.495 e. The van der Waals surface area contributed by atoms with Gasteiger partial charge in [0.25, 0.3) is 0 Å². The third kappa shape index (κ3) is 3.54. The highest BCUT2D eigenvalue weighted by molar-refractivity contribution is 6.31. The van der Waals surface area contributed by atoms with Crippen LogP contribution in [0.5, 0.6) is 5.75 Å². The molecule has 6 heteroatoms. The third-order valence-corrected chi connectivity index (χ3v) is 7.09. The van der Waals surface area contributed by atoms with Crippen LogP contribution in [0.2, 0.25) is 5.02 Å². The number of hydrogen-bond acceptors (Lipinski definition) is 3. The summed E-state index contributed by atoms with van der Waals surface area (Å²) in [6.07, 6.45) is 6.87. The molecule has 0 heterocycles. The number of hydrogen-bond donors (Lipinski definition) is 2. The Morgan fingerprint density at radius 2 is 1.74 bits per heavy atom. The van der Waals surface area contributed by atoms with E-state index in [9.17, 15) is 9.59 Å². The summed E-state index contributed by atoms with van der Waals surface area (Å²) in [6, 6.07) is 3.46. The van der Waals surface area contributed by atoms with Crippen LogP contribution in [0.4, 0.5) is 5.69 Å². The number of benzene rings is 1. The summed E-state index contributed by atoms with van der Waals surface area (Å²) in [5, 5.41) is 6.31. The van der Waals surface area contributed by atoms with Crippen LogP contribution in [0.25, 0.3) is 0 Å². The standard InChI is InChI=1S/C21H27ClN2O3/c1-12-3-17(18(27-2)7-16(12)22)24-19(25)11-23-20(26)21-8-13-4-14(9-21)6-15(5-13)10-21/h3,7,13-15H,4-6,8-11H2,1-2H3,(H,23,26)(H,24,25). The molecule has 1 aromatic carbocycles. The van der Waals surface area contributed by atoms with E-state index in [1.807, 2.05) is 6.92 Å². The number of methoxy groups -OCH3 is 1. The van der Waals surface area contributed by atoms with E-state index in [1.165, 1.54) is 26.4 Å². The molecule has 27 heavy (non-hydrogen) atoms. The van der Waals surface area contributed by atoms with Gasteiger partial charge in [0.05, 0.1) is 19.3 Å². The maximum Gasteiger partial charge on any atom is 0.243 e. The van der Waals surface area contributed by atoms with Crippen LogP contribution in [-0.4, -0.2) is 25.5 Å². The Labute approximate surface area is 165 Å². The van der Waals surface area contributed by atoms with E-state index in [2.05, 4.69) is 10.6 Å². The van der Waals surface area contributed by atoms with Crippen molar-refractivity contribution in [2.75, 3.05) is 19.0 Å². The van der Waals surface area contributed by atoms with Crippen LogP contribution in [0, 0.1) is 30.1 Å². The first kappa shape index (κ1) is 18.6. The summed E-state index contributed by atoms with van der Waals surface area (Å²) in [5.74, 6) is 2.43. The van der Waals surface area contributed by atoms with Crippen molar-refractivity contribution in [3.05, 3.63) is 22.7 Å². The van der Waals surface area contributed by atoms with E-state index in [4.69, 9.17) is 16.3 Å². The van der Waals surface area contributed by atoms with E-state index >= 15 is 0 Å². The van der Waals surface area contributed by atoms with Gasteiger partial charge in [-0.1, -0.05) is 11.6 Å². The SMILES string of the molecule is COc1cc(Cl)c(C)cc1NC(=O)CNC(=O)C12CC3CC(CC(C3)C1)C2. The van der Waals surface area contributed by atoms with Gasteiger partial charge < -0.3 is 15.4 Å². The molecule has 4 fully saturated rings. The van der Waals surface area contributed by atoms with E-state index in [-0.39, 0.29) is 23.8 Å². The molecule has 4 bridgehead atoms. The minimum Gasteiger partial charge on any atom is -0.495 e. The van der Waals surface area contributed by atoms with Crippen molar-refractivity contribution >= 4 is 29.1 Å². The zero-order valence-corrected chi connectivity index (χ0v) is 16.7. The predicted molar refractivity (Wildman–Crippen MR) is 105 cm³/mol. The maximum absolute atomic E-state index is 12.9. The molecule has 2 N–H and O–H groups in total. The van der Waals surface area contributed by atoms with Gasteiger partial charge in [0.1, 0.15) is 5.75 Å². The number of aryl methyl sites for hydroxylation is 1. The Hall–Kier alpha value is -1.75. The van der Waals surface area contributed by atoms with Crippen LogP contribution in [-0.2, 0) is 9.59 Å². The van der Waals surface area contributed by atoms with Crippen LogP contribution >= 0.6 is 11.6 Å². The summed E-state index contributed by atoms with van der Waals surface area (Å²) in [4.78, 5) is 25.3. The monoisotopic (exact) mass is 390 g/mol. The van der Waals surface area contributed by atoms with Crippen LogP contribution in [0.1, 0.15) is 44.1 Å². The minimum atomic E-state index is -0.256. The molecule has 146 valence electrons. The van der Waals surface area contributed by atoms with Gasteiger partial charge in [-0.2, -0.15) is 0 Å². The van der Waals surface area contributed by atoms with Crippen molar-refractivity contribution in [3.8, 4) is 5.75 Å². The first-order valence-corrected chi connectivity index (χ1v) is 10.2. The fourth-order valence-corrected chi connectivity index (χ4v) is 6.01. The first-order chi connectivity index (χ1) is 12.9. The van der Waals surface area contributed by atoms with Gasteiger partial charge in [0, 0.05) is 16.5 Å². The Balaban J connectivity index is 1.37. The molecule has 0 unspecified atom stereocenters. The predicted octanol–water partition coefficient (Wildman–Crippen LogP) is 3.93. The van der Waals surface area contributed by atoms with E-state index in [0.29, 0.717) is 34.2 Å². The summed E-state index contributed by atoms with van der Waals surface area (Å²) in [5.41, 5.74) is 1.18. The summed E-state index contributed by atoms with van der Waals surface area (Å²) in [6.45, 7) is 1.84. The van der Waals surface area contributed by atoms with Crippen molar-refractivity contribution in [1.82, 2.24) is 5.32 Å². The minimum absolute atomic E-state index is 0.0224. The lowest BCUT2D eigenvalue weighted by Gasteiger charge is -2.55. The van der Waals surface area contributed by atoms with Gasteiger partial charge >= 0.3 is 0 Å². The lowest BCUT2D eigenvalue weighted by molar-refractivity contribution is -0.146. The van der Waals surface area contributed by atoms with E-state index in [0.717, 1.165) is 24.8 Å². The quantitative estimate of drug-likeness (QED) is 0.800. The molecular weight excluding hydrogens is 364 g/mol. The molecule has 1 aromatic rings. The van der Waals surface area contributed by atoms with Crippen LogP contribution in [0.3, 0.4) is 0 Å². The number of carbonyl (C=O) groups excluding carboxylic acids is 2. The van der Waals surface area contributed by atoms with Crippen LogP contribution in [0.15, 0.2) is 12.1 Å². The normalized spacial score (nSPS) is 30.9. The summed E-state index contributed by atoms with van der Waals surface area (Å²) >= 11 is 6.10. The molecule has 5 nitrogen and oxygen atoms in total. The van der Waals surface area contributed by atoms with Gasteiger partial charge in [-0.25, -0.2) is 0 Å². The molecule has 5 rings (SSSR count). The Morgan fingerprint density at radius 3 is 2.30 bits per heavy atom. The number of amides is 2. The average Bonchev–Trinajstić information content (AvgIpc) is 2.61. The van der Waals surface area contributed by atoms with E-state index in [1.54, 1.807) is 12.1 Å². The van der Waals surface area contributed by atoms with Gasteiger partial charge in [-0.3, -0.25) is 9.59 Å². The van der Waals surface area contributed by atoms with Crippen molar-refractivity contribution in [2.45, 2.75) is 45.4 Å². The molecule has 0 atom stereocenters. The zero-order valence-electron chi connectivity index (χ0n) is 15.9. The first-order valence-electron chi connectivity index (χ1n) is 9.81. The van der Waals surface area contributed by atoms with Crippen molar-refractivity contribution in [2.24, 2.45) is 23.2 Å². The van der Waals surface area contributed by atoms with Gasteiger partial charge in [0.2, 0.25) is 11.8 Å². The summed E-state index contributed by atoms with van der Waals surface area (Å²) in [7, 11) is 1.53. The highest BCUT2D eigenvalue weighted by Crippen LogP contribution is 2.60. The second-order valence-corrected chi connectivity index (χ2v) is 9.14. The second-order valence-electron chi connectivity index (χ2n) is 8.73. The lowest BCUT2D eigenvalue weighted by Crippen LogP contribution is -2.54. The lowest BCUT2D eigenvalue weighted by atomic mass is 9.49. The van der Waals surface area contributed by atoms with Crippen molar-refractivity contribution in [3.63, 3.8) is 0 Å². The highest BCUT2D eigenvalue weighted by atomic mass is 35.5. The zero-order chi connectivity index (χ0) is 19.2. The number of carbonyl (C=O) groups is 2. The Morgan fingerprint density at radius 1 is 1.15 bits per heavy atom. The Kier molecular flexibility index (Phi) is 4.83. The molecule has 2 amide bonds. The highest BCUT2D eigenvalue weighted by Gasteiger charge is 2.54. The molecule has 0 spiro atoms. The molecule has 0 saturated heterocycles. The van der Waals surface area contributed by atoms with Crippen molar-refractivity contribution < 1.29 is 14.3 Å². The number of rotatable bonds is 5. The number of nitrogens with one attached hydrogen (secondary N) is 2. The molecular formula is C21H27ClN2O3. The van der Waals surface area contributed by atoms with Crippen LogP contribution < -0.4 is 15.4 Å². The van der Waals surface area contributed by atoms with Crippen molar-refractivity contribution in [1.29, 1.82) is 0 Å². The van der Waals surface area contributed by atoms with E-state index < -0.39 is 0 Å². The molecule has 4 aliphatic rings. The molecule has 0 radical (unpaired) electrons. The summed E-state index contributed by atoms with van der Waals surface area (Å²) < 4.78 is 5.29. The number of halogens is 1. The Bertz CT molecular complexity index is 742. The topological polar surface area (TPSA) is 67.4 Å². The smallest absolute Gasteiger partial charge is 0.243 e.